The van der Waals surface area contributed by atoms with Gasteiger partial charge in [0.05, 0.1) is 9.85 Å². The van der Waals surface area contributed by atoms with E-state index in [0.717, 1.165) is 17.4 Å². The lowest BCUT2D eigenvalue weighted by Gasteiger charge is -2.12. The summed E-state index contributed by atoms with van der Waals surface area (Å²) in [6, 6.07) is 18.2. The highest BCUT2D eigenvalue weighted by molar-refractivity contribution is 5.72. The number of aryl methyl sites for hydroxylation is 5. The number of nitrogens with one attached hydrogen (secondary N) is 1. The van der Waals surface area contributed by atoms with Crippen molar-refractivity contribution >= 4 is 28.4 Å². The van der Waals surface area contributed by atoms with E-state index in [4.69, 9.17) is 11.0 Å². The van der Waals surface area contributed by atoms with Crippen molar-refractivity contribution < 1.29 is 14.2 Å². The summed E-state index contributed by atoms with van der Waals surface area (Å²) in [6.45, 7) is 14.2. The Bertz CT molecular complexity index is 1630. The van der Waals surface area contributed by atoms with Gasteiger partial charge in [-0.15, -0.1) is 0 Å². The highest BCUT2D eigenvalue weighted by atomic mass is 19.1. The molecule has 0 spiro atoms. The number of hydrogen-bond acceptors (Lipinski definition) is 7. The summed E-state index contributed by atoms with van der Waals surface area (Å²) in [4.78, 5) is 20.2. The standard InChI is InChI=1S/C16H18N2O2.C9H13N.C7H3FN2O2/c1-10-6-5-7-15(16(10)18(19)20)17-14-8-11(2)13(4)12(3)9-14;1-6-4-9(10)5-7(2)8(6)3;8-6-3-1-2-5(4-9)7(6)10(11)12/h5-9,17H,1-4H3;4-5H,10H2,1-3H3;1-3H. The van der Waals surface area contributed by atoms with E-state index >= 15 is 0 Å². The molecule has 9 nitrogen and oxygen atoms in total. The minimum absolute atomic E-state index is 0.128. The number of benzene rings is 4. The normalized spacial score (nSPS) is 9.88. The first kappa shape index (κ1) is 32.9. The third kappa shape index (κ3) is 8.35. The number of anilines is 3. The van der Waals surface area contributed by atoms with E-state index in [9.17, 15) is 24.6 Å². The largest absolute Gasteiger partial charge is 0.399 e. The molecule has 0 aromatic heterocycles. The molecule has 0 amide bonds. The number of nitrogen functional groups attached to an aromatic ring is 1. The molecular formula is C32H34FN5O4. The van der Waals surface area contributed by atoms with Crippen LogP contribution in [0.1, 0.15) is 44.5 Å². The Morgan fingerprint density at radius 1 is 0.738 bits per heavy atom. The topological polar surface area (TPSA) is 148 Å². The van der Waals surface area contributed by atoms with Gasteiger partial charge in [-0.2, -0.15) is 9.65 Å². The number of rotatable bonds is 4. The Kier molecular flexibility index (Phi) is 11.3. The Morgan fingerprint density at radius 3 is 1.67 bits per heavy atom. The summed E-state index contributed by atoms with van der Waals surface area (Å²) < 4.78 is 12.7. The van der Waals surface area contributed by atoms with E-state index in [1.807, 2.05) is 44.2 Å². The summed E-state index contributed by atoms with van der Waals surface area (Å²) in [6.07, 6.45) is 0. The van der Waals surface area contributed by atoms with Gasteiger partial charge in [0, 0.05) is 16.9 Å². The Morgan fingerprint density at radius 2 is 1.21 bits per heavy atom. The lowest BCUT2D eigenvalue weighted by molar-refractivity contribution is -0.387. The first-order valence-electron chi connectivity index (χ1n) is 12.9. The summed E-state index contributed by atoms with van der Waals surface area (Å²) in [5, 5.41) is 32.9. The third-order valence-electron chi connectivity index (χ3n) is 6.87. The van der Waals surface area contributed by atoms with Crippen LogP contribution < -0.4 is 11.1 Å². The van der Waals surface area contributed by atoms with Crippen molar-refractivity contribution in [1.82, 2.24) is 0 Å². The molecule has 0 aliphatic rings. The van der Waals surface area contributed by atoms with Gasteiger partial charge in [-0.1, -0.05) is 18.2 Å². The van der Waals surface area contributed by atoms with Gasteiger partial charge in [-0.05, 0) is 124 Å². The van der Waals surface area contributed by atoms with E-state index in [1.54, 1.807) is 19.1 Å². The van der Waals surface area contributed by atoms with Crippen LogP contribution in [0.3, 0.4) is 0 Å². The molecule has 218 valence electrons. The van der Waals surface area contributed by atoms with Crippen LogP contribution in [0.15, 0.2) is 60.7 Å². The maximum atomic E-state index is 12.7. The van der Waals surface area contributed by atoms with Crippen molar-refractivity contribution in [2.24, 2.45) is 0 Å². The van der Waals surface area contributed by atoms with Crippen molar-refractivity contribution in [3.05, 3.63) is 131 Å². The molecule has 42 heavy (non-hydrogen) atoms. The highest BCUT2D eigenvalue weighted by Gasteiger charge is 2.19. The number of hydrogen-bond donors (Lipinski definition) is 2. The number of nitrogens with two attached hydrogens (primary N) is 1. The first-order valence-corrected chi connectivity index (χ1v) is 12.9. The Hall–Kier alpha value is -5.30. The molecule has 0 radical (unpaired) electrons. The maximum Gasteiger partial charge on any atom is 0.322 e. The molecule has 0 saturated carbocycles. The lowest BCUT2D eigenvalue weighted by atomic mass is 10.0. The van der Waals surface area contributed by atoms with Crippen LogP contribution >= 0.6 is 0 Å². The molecule has 4 aromatic carbocycles. The fourth-order valence-electron chi connectivity index (χ4n) is 4.13. The summed E-state index contributed by atoms with van der Waals surface area (Å²) in [5.41, 5.74) is 15.1. The van der Waals surface area contributed by atoms with Crippen LogP contribution in [-0.2, 0) is 0 Å². The van der Waals surface area contributed by atoms with E-state index in [-0.39, 0.29) is 16.2 Å². The average Bonchev–Trinajstić information content (AvgIpc) is 2.90. The molecule has 10 heteroatoms. The van der Waals surface area contributed by atoms with Crippen LogP contribution in [0.2, 0.25) is 0 Å². The van der Waals surface area contributed by atoms with Crippen LogP contribution in [0, 0.1) is 85.8 Å². The number of para-hydroxylation sites is 2. The summed E-state index contributed by atoms with van der Waals surface area (Å²) in [7, 11) is 0. The minimum atomic E-state index is -0.987. The van der Waals surface area contributed by atoms with Crippen molar-refractivity contribution in [3.63, 3.8) is 0 Å². The van der Waals surface area contributed by atoms with Gasteiger partial charge in [0.2, 0.25) is 5.82 Å². The van der Waals surface area contributed by atoms with Crippen LogP contribution in [0.25, 0.3) is 0 Å². The second kappa shape index (κ2) is 14.4. The summed E-state index contributed by atoms with van der Waals surface area (Å²) in [5.74, 6) is -0.987. The van der Waals surface area contributed by atoms with Gasteiger partial charge in [-0.25, -0.2) is 0 Å². The lowest BCUT2D eigenvalue weighted by Crippen LogP contribution is -2.00. The predicted molar refractivity (Wildman–Crippen MR) is 165 cm³/mol. The third-order valence-corrected chi connectivity index (χ3v) is 6.87. The molecule has 0 saturated heterocycles. The summed E-state index contributed by atoms with van der Waals surface area (Å²) >= 11 is 0. The number of nitriles is 1. The second-order valence-electron chi connectivity index (χ2n) is 9.87. The first-order chi connectivity index (χ1) is 19.7. The molecule has 0 bridgehead atoms. The van der Waals surface area contributed by atoms with E-state index in [0.29, 0.717) is 11.3 Å². The van der Waals surface area contributed by atoms with Crippen molar-refractivity contribution in [3.8, 4) is 6.07 Å². The van der Waals surface area contributed by atoms with E-state index in [2.05, 4.69) is 33.0 Å². The molecule has 0 heterocycles. The molecule has 4 rings (SSSR count). The minimum Gasteiger partial charge on any atom is -0.399 e. The van der Waals surface area contributed by atoms with Crippen molar-refractivity contribution in [2.75, 3.05) is 11.1 Å². The van der Waals surface area contributed by atoms with Crippen molar-refractivity contribution in [1.29, 1.82) is 5.26 Å². The number of nitrogens with zero attached hydrogens (tertiary/aromatic N) is 3. The predicted octanol–water partition coefficient (Wildman–Crippen LogP) is 8.37. The monoisotopic (exact) mass is 571 g/mol. The molecule has 0 aliphatic carbocycles. The van der Waals surface area contributed by atoms with Crippen molar-refractivity contribution in [2.45, 2.75) is 48.5 Å². The Balaban J connectivity index is 0.000000239. The van der Waals surface area contributed by atoms with Gasteiger partial charge in [-0.3, -0.25) is 20.2 Å². The molecule has 0 atom stereocenters. The highest BCUT2D eigenvalue weighted by Crippen LogP contribution is 2.31. The van der Waals surface area contributed by atoms with E-state index in [1.165, 1.54) is 51.6 Å². The van der Waals surface area contributed by atoms with Crippen LogP contribution in [0.5, 0.6) is 0 Å². The molecule has 3 N–H and O–H groups in total. The fraction of sp³-hybridized carbons (Fsp3) is 0.219. The zero-order valence-electron chi connectivity index (χ0n) is 24.7. The average molecular weight is 572 g/mol. The SMILES string of the molecule is Cc1cc(N)cc(C)c1C.Cc1cc(Nc2cccc(C)c2[N+](=O)[O-])cc(C)c1C.N#Cc1cccc(F)c1[N+](=O)[O-]. The number of nitro benzene ring substituents is 2. The quantitative estimate of drug-likeness (QED) is 0.142. The van der Waals surface area contributed by atoms with Crippen LogP contribution in [0.4, 0.5) is 32.8 Å². The zero-order chi connectivity index (χ0) is 31.7. The fourth-order valence-corrected chi connectivity index (χ4v) is 4.13. The number of halogens is 1. The smallest absolute Gasteiger partial charge is 0.322 e. The molecule has 0 aliphatic heterocycles. The maximum absolute atomic E-state index is 12.7. The molecule has 4 aromatic rings. The molecular weight excluding hydrogens is 537 g/mol. The van der Waals surface area contributed by atoms with Crippen LogP contribution in [-0.4, -0.2) is 9.85 Å². The molecule has 0 fully saturated rings. The van der Waals surface area contributed by atoms with Gasteiger partial charge in [0.15, 0.2) is 0 Å². The Labute approximate surface area is 244 Å². The zero-order valence-corrected chi connectivity index (χ0v) is 24.7. The van der Waals surface area contributed by atoms with Gasteiger partial charge in [0.1, 0.15) is 17.3 Å². The van der Waals surface area contributed by atoms with Gasteiger partial charge in [0.25, 0.3) is 5.69 Å². The second-order valence-corrected chi connectivity index (χ2v) is 9.87. The number of nitro groups is 2. The van der Waals surface area contributed by atoms with Gasteiger partial charge >= 0.3 is 5.69 Å². The van der Waals surface area contributed by atoms with E-state index < -0.39 is 16.4 Å². The van der Waals surface area contributed by atoms with Gasteiger partial charge < -0.3 is 11.1 Å². The molecule has 0 unspecified atom stereocenters.